The number of ether oxygens (including phenoxy) is 1. The summed E-state index contributed by atoms with van der Waals surface area (Å²) in [5, 5.41) is 8.86. The summed E-state index contributed by atoms with van der Waals surface area (Å²) in [5.41, 5.74) is 0. The third-order valence-corrected chi connectivity index (χ3v) is 1.10. The smallest absolute Gasteiger partial charge is 0.366 e. The molecule has 0 fully saturated rings. The van der Waals surface area contributed by atoms with Gasteiger partial charge in [-0.15, -0.1) is 0 Å². The lowest BCUT2D eigenvalue weighted by Crippen LogP contribution is -2.17. The van der Waals surface area contributed by atoms with Crippen LogP contribution >= 0.6 is 0 Å². The Hall–Kier alpha value is -0.900. The fraction of sp³-hybridized carbons (Fsp3) is 0.571. The summed E-state index contributed by atoms with van der Waals surface area (Å²) >= 11 is 0. The van der Waals surface area contributed by atoms with Gasteiger partial charge in [-0.2, -0.15) is 4.39 Å². The van der Waals surface area contributed by atoms with Gasteiger partial charge in [-0.1, -0.05) is 13.5 Å². The molecule has 0 aliphatic heterocycles. The van der Waals surface area contributed by atoms with Crippen molar-refractivity contribution in [1.29, 1.82) is 0 Å². The van der Waals surface area contributed by atoms with Crippen molar-refractivity contribution < 1.29 is 19.0 Å². The Labute approximate surface area is 64.5 Å². The Morgan fingerprint density at radius 3 is 2.73 bits per heavy atom. The number of carbonyl (C=O) groups is 1. The summed E-state index contributed by atoms with van der Waals surface area (Å²) in [6.45, 7) is 4.28. The van der Waals surface area contributed by atoms with Crippen molar-refractivity contribution in [3.63, 3.8) is 0 Å². The highest BCUT2D eigenvalue weighted by Gasteiger charge is 2.09. The zero-order chi connectivity index (χ0) is 8.85. The van der Waals surface area contributed by atoms with Crippen LogP contribution in [0, 0.1) is 0 Å². The lowest BCUT2D eigenvalue weighted by molar-refractivity contribution is -0.143. The molecule has 0 saturated heterocycles. The molecule has 0 spiro atoms. The molecule has 64 valence electrons. The lowest BCUT2D eigenvalue weighted by atomic mass is 10.3. The van der Waals surface area contributed by atoms with E-state index in [1.165, 1.54) is 0 Å². The lowest BCUT2D eigenvalue weighted by Gasteiger charge is -2.06. The third kappa shape index (κ3) is 4.50. The minimum atomic E-state index is -1.15. The SMILES string of the molecule is C=C(F)C(=O)OCC(O)CC. The summed E-state index contributed by atoms with van der Waals surface area (Å²) in [4.78, 5) is 10.4. The van der Waals surface area contributed by atoms with E-state index >= 15 is 0 Å². The number of esters is 1. The van der Waals surface area contributed by atoms with Crippen LogP contribution in [0.5, 0.6) is 0 Å². The first-order valence-corrected chi connectivity index (χ1v) is 3.27. The molecule has 0 bridgehead atoms. The van der Waals surface area contributed by atoms with Gasteiger partial charge < -0.3 is 9.84 Å². The van der Waals surface area contributed by atoms with Crippen molar-refractivity contribution in [2.75, 3.05) is 6.61 Å². The molecule has 0 rings (SSSR count). The van der Waals surface area contributed by atoms with E-state index in [1.807, 2.05) is 0 Å². The zero-order valence-corrected chi connectivity index (χ0v) is 6.34. The fourth-order valence-corrected chi connectivity index (χ4v) is 0.368. The largest absolute Gasteiger partial charge is 0.458 e. The van der Waals surface area contributed by atoms with Gasteiger partial charge in [0.1, 0.15) is 6.61 Å². The molecular formula is C7H11FO3. The molecule has 0 saturated carbocycles. The second-order valence-corrected chi connectivity index (χ2v) is 2.07. The number of aliphatic hydroxyl groups is 1. The monoisotopic (exact) mass is 162 g/mol. The van der Waals surface area contributed by atoms with E-state index in [4.69, 9.17) is 5.11 Å². The molecule has 0 heterocycles. The van der Waals surface area contributed by atoms with Crippen LogP contribution in [0.4, 0.5) is 4.39 Å². The number of hydrogen-bond acceptors (Lipinski definition) is 3. The standard InChI is InChI=1S/C7H11FO3/c1-3-6(9)4-11-7(10)5(2)8/h6,9H,2-4H2,1H3. The molecule has 3 nitrogen and oxygen atoms in total. The van der Waals surface area contributed by atoms with Crippen LogP contribution in [0.2, 0.25) is 0 Å². The van der Waals surface area contributed by atoms with Crippen LogP contribution in [0.15, 0.2) is 12.4 Å². The van der Waals surface area contributed by atoms with Gasteiger partial charge in [-0.3, -0.25) is 0 Å². The Kier molecular flexibility index (Phi) is 4.45. The van der Waals surface area contributed by atoms with Gasteiger partial charge in [0.05, 0.1) is 6.10 Å². The average Bonchev–Trinajstić information content (AvgIpc) is 1.99. The van der Waals surface area contributed by atoms with Gasteiger partial charge in [-0.05, 0) is 6.42 Å². The minimum absolute atomic E-state index is 0.182. The van der Waals surface area contributed by atoms with Crippen LogP contribution in [-0.2, 0) is 9.53 Å². The third-order valence-electron chi connectivity index (χ3n) is 1.10. The molecule has 4 heteroatoms. The zero-order valence-electron chi connectivity index (χ0n) is 6.34. The van der Waals surface area contributed by atoms with Gasteiger partial charge in [-0.25, -0.2) is 4.79 Å². The van der Waals surface area contributed by atoms with Crippen LogP contribution in [-0.4, -0.2) is 23.8 Å². The maximum Gasteiger partial charge on any atom is 0.366 e. The van der Waals surface area contributed by atoms with Crippen molar-refractivity contribution in [2.45, 2.75) is 19.4 Å². The molecule has 0 radical (unpaired) electrons. The number of rotatable bonds is 4. The van der Waals surface area contributed by atoms with Crippen LogP contribution in [0.3, 0.4) is 0 Å². The maximum atomic E-state index is 11.9. The van der Waals surface area contributed by atoms with Gasteiger partial charge in [0.15, 0.2) is 0 Å². The number of halogens is 1. The van der Waals surface area contributed by atoms with Crippen LogP contribution in [0.1, 0.15) is 13.3 Å². The highest BCUT2D eigenvalue weighted by Crippen LogP contribution is 1.97. The number of hydrogen-bond donors (Lipinski definition) is 1. The first-order chi connectivity index (χ1) is 5.07. The van der Waals surface area contributed by atoms with Crippen molar-refractivity contribution in [1.82, 2.24) is 0 Å². The van der Waals surface area contributed by atoms with E-state index in [-0.39, 0.29) is 6.61 Å². The van der Waals surface area contributed by atoms with Crippen LogP contribution in [0.25, 0.3) is 0 Å². The van der Waals surface area contributed by atoms with E-state index in [0.717, 1.165) is 0 Å². The normalized spacial score (nSPS) is 12.3. The summed E-state index contributed by atoms with van der Waals surface area (Å²) in [7, 11) is 0. The topological polar surface area (TPSA) is 46.5 Å². The molecule has 1 unspecified atom stereocenters. The second-order valence-electron chi connectivity index (χ2n) is 2.07. The second kappa shape index (κ2) is 4.85. The van der Waals surface area contributed by atoms with Crippen LogP contribution < -0.4 is 0 Å². The van der Waals surface area contributed by atoms with E-state index in [9.17, 15) is 9.18 Å². The first-order valence-electron chi connectivity index (χ1n) is 3.27. The quantitative estimate of drug-likeness (QED) is 0.491. The Bertz CT molecular complexity index is 156. The maximum absolute atomic E-state index is 11.9. The molecular weight excluding hydrogens is 151 g/mol. The summed E-state index contributed by atoms with van der Waals surface area (Å²) < 4.78 is 16.2. The molecule has 0 aromatic rings. The van der Waals surface area contributed by atoms with Crippen molar-refractivity contribution in [3.05, 3.63) is 12.4 Å². The van der Waals surface area contributed by atoms with E-state index < -0.39 is 17.9 Å². The molecule has 1 N–H and O–H groups in total. The predicted octanol–water partition coefficient (Wildman–Crippen LogP) is 0.784. The molecule has 1 atom stereocenters. The molecule has 0 aromatic heterocycles. The highest BCUT2D eigenvalue weighted by atomic mass is 19.1. The molecule has 0 amide bonds. The Morgan fingerprint density at radius 2 is 2.36 bits per heavy atom. The molecule has 0 aliphatic rings. The van der Waals surface area contributed by atoms with Gasteiger partial charge >= 0.3 is 5.97 Å². The predicted molar refractivity (Wildman–Crippen MR) is 37.5 cm³/mol. The van der Waals surface area contributed by atoms with Crippen molar-refractivity contribution in [2.24, 2.45) is 0 Å². The van der Waals surface area contributed by atoms with Gasteiger partial charge in [0, 0.05) is 0 Å². The number of carbonyl (C=O) groups excluding carboxylic acids is 1. The summed E-state index contributed by atoms with van der Waals surface area (Å²) in [6.07, 6.45) is -0.259. The van der Waals surface area contributed by atoms with E-state index in [1.54, 1.807) is 6.92 Å². The summed E-state index contributed by atoms with van der Waals surface area (Å²) in [5.74, 6) is -2.26. The van der Waals surface area contributed by atoms with Gasteiger partial charge in [0.2, 0.25) is 5.83 Å². The van der Waals surface area contributed by atoms with Crippen molar-refractivity contribution in [3.8, 4) is 0 Å². The van der Waals surface area contributed by atoms with E-state index in [0.29, 0.717) is 6.42 Å². The minimum Gasteiger partial charge on any atom is -0.458 e. The Balaban J connectivity index is 3.54. The average molecular weight is 162 g/mol. The Morgan fingerprint density at radius 1 is 1.82 bits per heavy atom. The highest BCUT2D eigenvalue weighted by molar-refractivity contribution is 5.85. The first kappa shape index (κ1) is 10.1. The van der Waals surface area contributed by atoms with Gasteiger partial charge in [0.25, 0.3) is 0 Å². The molecule has 11 heavy (non-hydrogen) atoms. The summed E-state index contributed by atoms with van der Waals surface area (Å²) in [6, 6.07) is 0. The fourth-order valence-electron chi connectivity index (χ4n) is 0.368. The number of aliphatic hydroxyl groups excluding tert-OH is 1. The molecule has 0 aromatic carbocycles. The van der Waals surface area contributed by atoms with E-state index in [2.05, 4.69) is 11.3 Å². The van der Waals surface area contributed by atoms with Crippen molar-refractivity contribution >= 4 is 5.97 Å². The molecule has 0 aliphatic carbocycles.